The predicted molar refractivity (Wildman–Crippen MR) is 87.6 cm³/mol. The van der Waals surface area contributed by atoms with Gasteiger partial charge in [-0.1, -0.05) is 17.2 Å². The molecule has 118 valence electrons. The summed E-state index contributed by atoms with van der Waals surface area (Å²) in [7, 11) is -0.444. The van der Waals surface area contributed by atoms with Crippen molar-refractivity contribution in [2.45, 2.75) is 58.9 Å². The molecule has 1 aliphatic rings. The molecule has 0 atom stereocenters. The Kier molecular flexibility index (Phi) is 4.54. The first kappa shape index (κ1) is 16.8. The largest absolute Gasteiger partial charge is 0.494 e. The molecule has 0 radical (unpaired) electrons. The second-order valence-electron chi connectivity index (χ2n) is 6.65. The van der Waals surface area contributed by atoms with E-state index in [1.807, 2.05) is 46.8 Å². The standard InChI is InChI=1S/C15H23BN4O2/c1-10-11(8-17)6-13(7-12(10)9-19-20-18)16-21-14(2,3)15(4,5)22-16/h6-7H,8-9,17H2,1-5H3. The van der Waals surface area contributed by atoms with E-state index >= 15 is 0 Å². The van der Waals surface area contributed by atoms with Crippen molar-refractivity contribution in [2.24, 2.45) is 10.8 Å². The van der Waals surface area contributed by atoms with Crippen molar-refractivity contribution in [3.05, 3.63) is 39.3 Å². The van der Waals surface area contributed by atoms with Gasteiger partial charge in [-0.25, -0.2) is 0 Å². The van der Waals surface area contributed by atoms with Crippen molar-refractivity contribution in [1.29, 1.82) is 0 Å². The molecule has 2 rings (SSSR count). The molecular weight excluding hydrogens is 279 g/mol. The van der Waals surface area contributed by atoms with Crippen molar-refractivity contribution in [3.8, 4) is 0 Å². The topological polar surface area (TPSA) is 93.2 Å². The maximum Gasteiger partial charge on any atom is 0.494 e. The summed E-state index contributed by atoms with van der Waals surface area (Å²) in [5.41, 5.74) is 17.5. The van der Waals surface area contributed by atoms with E-state index in [2.05, 4.69) is 10.0 Å². The fourth-order valence-electron chi connectivity index (χ4n) is 2.47. The zero-order valence-electron chi connectivity index (χ0n) is 13.9. The van der Waals surface area contributed by atoms with Crippen molar-refractivity contribution < 1.29 is 9.31 Å². The molecule has 0 unspecified atom stereocenters. The molecular formula is C15H23BN4O2. The minimum absolute atomic E-state index is 0.294. The number of nitrogens with zero attached hydrogens (tertiary/aromatic N) is 3. The first-order chi connectivity index (χ1) is 10.2. The molecule has 7 heteroatoms. The predicted octanol–water partition coefficient (Wildman–Crippen LogP) is 2.56. The van der Waals surface area contributed by atoms with Crippen LogP contribution in [0.3, 0.4) is 0 Å². The lowest BCUT2D eigenvalue weighted by molar-refractivity contribution is 0.00578. The van der Waals surface area contributed by atoms with E-state index in [0.717, 1.165) is 22.2 Å². The number of hydrogen-bond acceptors (Lipinski definition) is 4. The molecule has 1 aromatic rings. The van der Waals surface area contributed by atoms with E-state index in [1.165, 1.54) is 0 Å². The van der Waals surface area contributed by atoms with Crippen LogP contribution in [0.2, 0.25) is 0 Å². The SMILES string of the molecule is Cc1c(CN)cc(B2OC(C)(C)C(C)(C)O2)cc1CN=[N+]=[N-]. The monoisotopic (exact) mass is 302 g/mol. The second kappa shape index (κ2) is 5.93. The Bertz CT molecular complexity index is 608. The number of hydrogen-bond donors (Lipinski definition) is 1. The minimum Gasteiger partial charge on any atom is -0.399 e. The smallest absolute Gasteiger partial charge is 0.399 e. The zero-order valence-corrected chi connectivity index (χ0v) is 13.9. The van der Waals surface area contributed by atoms with Crippen LogP contribution in [0, 0.1) is 6.92 Å². The summed E-state index contributed by atoms with van der Waals surface area (Å²) in [6.45, 7) is 10.8. The summed E-state index contributed by atoms with van der Waals surface area (Å²) in [6.07, 6.45) is 0. The number of benzene rings is 1. The van der Waals surface area contributed by atoms with Crippen LogP contribution in [0.15, 0.2) is 17.2 Å². The summed E-state index contributed by atoms with van der Waals surface area (Å²) >= 11 is 0. The van der Waals surface area contributed by atoms with Crippen LogP contribution in [0.4, 0.5) is 0 Å². The van der Waals surface area contributed by atoms with E-state index in [4.69, 9.17) is 20.6 Å². The molecule has 0 aliphatic carbocycles. The van der Waals surface area contributed by atoms with Gasteiger partial charge < -0.3 is 15.0 Å². The Hall–Kier alpha value is -1.53. The number of azide groups is 1. The first-order valence-corrected chi connectivity index (χ1v) is 7.40. The van der Waals surface area contributed by atoms with Crippen LogP contribution < -0.4 is 11.2 Å². The molecule has 2 N–H and O–H groups in total. The molecule has 0 bridgehead atoms. The Morgan fingerprint density at radius 2 is 1.73 bits per heavy atom. The molecule has 1 fully saturated rings. The molecule has 6 nitrogen and oxygen atoms in total. The molecule has 0 aromatic heterocycles. The van der Waals surface area contributed by atoms with Crippen molar-refractivity contribution >= 4 is 12.6 Å². The molecule has 0 spiro atoms. The molecule has 1 aliphatic heterocycles. The third-order valence-electron chi connectivity index (χ3n) is 4.69. The van der Waals surface area contributed by atoms with E-state index in [0.29, 0.717) is 13.1 Å². The van der Waals surface area contributed by atoms with E-state index in [1.54, 1.807) is 0 Å². The number of rotatable bonds is 4. The van der Waals surface area contributed by atoms with Crippen LogP contribution in [-0.2, 0) is 22.4 Å². The van der Waals surface area contributed by atoms with Crippen LogP contribution >= 0.6 is 0 Å². The molecule has 1 saturated heterocycles. The quantitative estimate of drug-likeness (QED) is 0.401. The second-order valence-corrected chi connectivity index (χ2v) is 6.65. The number of nitrogens with two attached hydrogens (primary N) is 1. The van der Waals surface area contributed by atoms with Gasteiger partial charge in [0.1, 0.15) is 0 Å². The van der Waals surface area contributed by atoms with Gasteiger partial charge in [0.15, 0.2) is 0 Å². The summed E-state index contributed by atoms with van der Waals surface area (Å²) in [4.78, 5) is 2.83. The van der Waals surface area contributed by atoms with Crippen molar-refractivity contribution in [1.82, 2.24) is 0 Å². The van der Waals surface area contributed by atoms with Gasteiger partial charge in [-0.15, -0.1) is 0 Å². The van der Waals surface area contributed by atoms with Gasteiger partial charge in [-0.05, 0) is 62.3 Å². The van der Waals surface area contributed by atoms with Gasteiger partial charge in [-0.3, -0.25) is 0 Å². The lowest BCUT2D eigenvalue weighted by Crippen LogP contribution is -2.41. The summed E-state index contributed by atoms with van der Waals surface area (Å²) in [5.74, 6) is 0. The summed E-state index contributed by atoms with van der Waals surface area (Å²) in [6, 6.07) is 3.99. The molecule has 22 heavy (non-hydrogen) atoms. The third kappa shape index (κ3) is 2.98. The normalized spacial score (nSPS) is 19.1. The average molecular weight is 302 g/mol. The van der Waals surface area contributed by atoms with Gasteiger partial charge in [-0.2, -0.15) is 0 Å². The van der Waals surface area contributed by atoms with E-state index < -0.39 is 18.3 Å². The highest BCUT2D eigenvalue weighted by Gasteiger charge is 2.51. The molecule has 1 aromatic carbocycles. The average Bonchev–Trinajstić information content (AvgIpc) is 2.66. The molecule has 1 heterocycles. The fourth-order valence-corrected chi connectivity index (χ4v) is 2.47. The van der Waals surface area contributed by atoms with Gasteiger partial charge in [0.2, 0.25) is 0 Å². The van der Waals surface area contributed by atoms with Crippen LogP contribution in [0.5, 0.6) is 0 Å². The maximum absolute atomic E-state index is 8.55. The maximum atomic E-state index is 8.55. The van der Waals surface area contributed by atoms with Gasteiger partial charge in [0.05, 0.1) is 17.7 Å². The molecule has 0 amide bonds. The Morgan fingerprint density at radius 3 is 2.23 bits per heavy atom. The summed E-state index contributed by atoms with van der Waals surface area (Å²) < 4.78 is 12.2. The van der Waals surface area contributed by atoms with Gasteiger partial charge in [0.25, 0.3) is 0 Å². The highest BCUT2D eigenvalue weighted by Crippen LogP contribution is 2.36. The van der Waals surface area contributed by atoms with Crippen LogP contribution in [0.25, 0.3) is 10.4 Å². The van der Waals surface area contributed by atoms with E-state index in [-0.39, 0.29) is 0 Å². The van der Waals surface area contributed by atoms with Crippen molar-refractivity contribution in [3.63, 3.8) is 0 Å². The van der Waals surface area contributed by atoms with Crippen LogP contribution in [-0.4, -0.2) is 18.3 Å². The zero-order chi connectivity index (χ0) is 16.5. The lowest BCUT2D eigenvalue weighted by Gasteiger charge is -2.32. The highest BCUT2D eigenvalue weighted by molar-refractivity contribution is 6.62. The van der Waals surface area contributed by atoms with Gasteiger partial charge >= 0.3 is 7.12 Å². The van der Waals surface area contributed by atoms with Gasteiger partial charge in [0, 0.05) is 11.5 Å². The fraction of sp³-hybridized carbons (Fsp3) is 0.600. The van der Waals surface area contributed by atoms with E-state index in [9.17, 15) is 0 Å². The third-order valence-corrected chi connectivity index (χ3v) is 4.69. The Balaban J connectivity index is 2.42. The Morgan fingerprint density at radius 1 is 1.18 bits per heavy atom. The summed E-state index contributed by atoms with van der Waals surface area (Å²) in [5, 5.41) is 3.66. The van der Waals surface area contributed by atoms with Crippen LogP contribution in [0.1, 0.15) is 44.4 Å². The molecule has 0 saturated carbocycles. The Labute approximate surface area is 131 Å². The lowest BCUT2D eigenvalue weighted by atomic mass is 9.76. The highest BCUT2D eigenvalue weighted by atomic mass is 16.7. The first-order valence-electron chi connectivity index (χ1n) is 7.40. The van der Waals surface area contributed by atoms with Crippen molar-refractivity contribution in [2.75, 3.05) is 0 Å². The minimum atomic E-state index is -0.444.